The molecule has 1 aliphatic rings. The molecule has 4 nitrogen and oxygen atoms in total. The fourth-order valence-electron chi connectivity index (χ4n) is 2.74. The molecule has 0 aliphatic carbocycles. The molecule has 2 rings (SSSR count). The Kier molecular flexibility index (Phi) is 9.36. The molecule has 0 saturated heterocycles. The van der Waals surface area contributed by atoms with Gasteiger partial charge in [-0.25, -0.2) is 0 Å². The summed E-state index contributed by atoms with van der Waals surface area (Å²) in [5.41, 5.74) is 1.22. The molecule has 0 aromatic heterocycles. The molecule has 130 valence electrons. The van der Waals surface area contributed by atoms with Crippen LogP contribution in [0, 0.1) is 5.92 Å². The van der Waals surface area contributed by atoms with Gasteiger partial charge in [0.15, 0.2) is 5.96 Å². The van der Waals surface area contributed by atoms with E-state index in [1.165, 1.54) is 24.8 Å². The molecule has 0 spiro atoms. The number of para-hydroxylation sites is 1. The summed E-state index contributed by atoms with van der Waals surface area (Å²) in [7, 11) is 1.83. The SMILES string of the molecule is CN=C(NCCCCC(C)C)NC1CCOc2ccccc21.I. The summed E-state index contributed by atoms with van der Waals surface area (Å²) in [5.74, 6) is 2.65. The van der Waals surface area contributed by atoms with Gasteiger partial charge >= 0.3 is 0 Å². The van der Waals surface area contributed by atoms with Crippen LogP contribution in [0.4, 0.5) is 0 Å². The van der Waals surface area contributed by atoms with Crippen LogP contribution in [0.1, 0.15) is 51.1 Å². The van der Waals surface area contributed by atoms with Crippen LogP contribution in [0.2, 0.25) is 0 Å². The maximum Gasteiger partial charge on any atom is 0.191 e. The minimum absolute atomic E-state index is 0. The van der Waals surface area contributed by atoms with Crippen LogP contribution in [-0.2, 0) is 0 Å². The Morgan fingerprint density at radius 3 is 2.83 bits per heavy atom. The average Bonchev–Trinajstić information content (AvgIpc) is 2.53. The minimum Gasteiger partial charge on any atom is -0.493 e. The molecule has 1 aliphatic heterocycles. The Morgan fingerprint density at radius 1 is 1.30 bits per heavy atom. The van der Waals surface area contributed by atoms with E-state index in [1.54, 1.807) is 0 Å². The van der Waals surface area contributed by atoms with Crippen LogP contribution in [-0.4, -0.2) is 26.2 Å². The summed E-state index contributed by atoms with van der Waals surface area (Å²) in [4.78, 5) is 4.34. The van der Waals surface area contributed by atoms with Crippen molar-refractivity contribution >= 4 is 29.9 Å². The maximum atomic E-state index is 5.70. The van der Waals surface area contributed by atoms with Gasteiger partial charge in [0.05, 0.1) is 12.6 Å². The molecular formula is C18H30IN3O. The lowest BCUT2D eigenvalue weighted by molar-refractivity contribution is 0.261. The molecule has 1 unspecified atom stereocenters. The number of rotatable bonds is 6. The second kappa shape index (κ2) is 10.7. The number of benzene rings is 1. The zero-order valence-electron chi connectivity index (χ0n) is 14.5. The molecule has 1 aromatic rings. The molecule has 1 aromatic carbocycles. The summed E-state index contributed by atoms with van der Waals surface area (Å²) >= 11 is 0. The van der Waals surface area contributed by atoms with Crippen LogP contribution in [0.5, 0.6) is 5.75 Å². The van der Waals surface area contributed by atoms with Crippen LogP contribution in [0.25, 0.3) is 0 Å². The van der Waals surface area contributed by atoms with Gasteiger partial charge in [0.25, 0.3) is 0 Å². The Labute approximate surface area is 157 Å². The molecule has 23 heavy (non-hydrogen) atoms. The average molecular weight is 431 g/mol. The lowest BCUT2D eigenvalue weighted by Crippen LogP contribution is -2.41. The number of fused-ring (bicyclic) bond motifs is 1. The van der Waals surface area contributed by atoms with Crippen molar-refractivity contribution in [3.8, 4) is 5.75 Å². The molecule has 0 fully saturated rings. The van der Waals surface area contributed by atoms with E-state index in [4.69, 9.17) is 4.74 Å². The van der Waals surface area contributed by atoms with E-state index in [-0.39, 0.29) is 30.0 Å². The zero-order chi connectivity index (χ0) is 15.8. The summed E-state index contributed by atoms with van der Waals surface area (Å²) in [6.07, 6.45) is 4.71. The number of hydrogen-bond donors (Lipinski definition) is 2. The molecule has 1 atom stereocenters. The zero-order valence-corrected chi connectivity index (χ0v) is 16.8. The van der Waals surface area contributed by atoms with Gasteiger partial charge in [-0.1, -0.05) is 44.9 Å². The Balaban J connectivity index is 0.00000264. The number of guanidine groups is 1. The van der Waals surface area contributed by atoms with E-state index >= 15 is 0 Å². The highest BCUT2D eigenvalue weighted by Gasteiger charge is 2.21. The molecule has 0 saturated carbocycles. The number of ether oxygens (including phenoxy) is 1. The van der Waals surface area contributed by atoms with Crippen molar-refractivity contribution in [2.45, 2.75) is 45.6 Å². The Hall–Kier alpha value is -0.980. The number of halogens is 1. The third-order valence-corrected chi connectivity index (χ3v) is 3.99. The van der Waals surface area contributed by atoms with Crippen molar-refractivity contribution in [1.82, 2.24) is 10.6 Å². The standard InChI is InChI=1S/C18H29N3O.HI/c1-14(2)8-6-7-12-20-18(19-3)21-16-11-13-22-17-10-5-4-9-15(16)17;/h4-5,9-10,14,16H,6-8,11-13H2,1-3H3,(H2,19,20,21);1H. The summed E-state index contributed by atoms with van der Waals surface area (Å²) in [6.45, 7) is 6.27. The second-order valence-corrected chi connectivity index (χ2v) is 6.26. The predicted octanol–water partition coefficient (Wildman–Crippen LogP) is 4.12. The third-order valence-electron chi connectivity index (χ3n) is 3.99. The van der Waals surface area contributed by atoms with E-state index in [2.05, 4.69) is 41.6 Å². The Bertz CT molecular complexity index is 491. The van der Waals surface area contributed by atoms with Gasteiger partial charge in [-0.2, -0.15) is 0 Å². The van der Waals surface area contributed by atoms with Crippen molar-refractivity contribution < 1.29 is 4.74 Å². The van der Waals surface area contributed by atoms with Gasteiger partial charge in [-0.05, 0) is 18.4 Å². The molecular weight excluding hydrogens is 401 g/mol. The Morgan fingerprint density at radius 2 is 2.09 bits per heavy atom. The third kappa shape index (κ3) is 6.57. The van der Waals surface area contributed by atoms with Crippen LogP contribution in [0.15, 0.2) is 29.3 Å². The van der Waals surface area contributed by atoms with Crippen LogP contribution < -0.4 is 15.4 Å². The van der Waals surface area contributed by atoms with Crippen LogP contribution >= 0.6 is 24.0 Å². The van der Waals surface area contributed by atoms with Crippen LogP contribution in [0.3, 0.4) is 0 Å². The van der Waals surface area contributed by atoms with Crippen molar-refractivity contribution in [2.75, 3.05) is 20.2 Å². The summed E-state index contributed by atoms with van der Waals surface area (Å²) in [6, 6.07) is 8.51. The van der Waals surface area contributed by atoms with Gasteiger partial charge in [0.2, 0.25) is 0 Å². The number of unbranched alkanes of at least 4 members (excludes halogenated alkanes) is 1. The second-order valence-electron chi connectivity index (χ2n) is 6.26. The number of nitrogens with one attached hydrogen (secondary N) is 2. The first-order chi connectivity index (χ1) is 10.7. The minimum atomic E-state index is 0. The quantitative estimate of drug-likeness (QED) is 0.308. The lowest BCUT2D eigenvalue weighted by Gasteiger charge is -2.28. The van der Waals surface area contributed by atoms with Crippen molar-refractivity contribution in [2.24, 2.45) is 10.9 Å². The number of aliphatic imine (C=N–C) groups is 1. The van der Waals surface area contributed by atoms with E-state index < -0.39 is 0 Å². The predicted molar refractivity (Wildman–Crippen MR) is 108 cm³/mol. The monoisotopic (exact) mass is 431 g/mol. The lowest BCUT2D eigenvalue weighted by atomic mass is 10.0. The fraction of sp³-hybridized carbons (Fsp3) is 0.611. The van der Waals surface area contributed by atoms with E-state index in [0.29, 0.717) is 0 Å². The smallest absolute Gasteiger partial charge is 0.191 e. The highest BCUT2D eigenvalue weighted by molar-refractivity contribution is 14.0. The first-order valence-corrected chi connectivity index (χ1v) is 8.39. The number of nitrogens with zero attached hydrogens (tertiary/aromatic N) is 1. The molecule has 0 amide bonds. The van der Waals surface area contributed by atoms with E-state index in [9.17, 15) is 0 Å². The molecule has 0 radical (unpaired) electrons. The fourth-order valence-corrected chi connectivity index (χ4v) is 2.74. The summed E-state index contributed by atoms with van der Waals surface area (Å²) < 4.78 is 5.70. The first kappa shape index (κ1) is 20.1. The topological polar surface area (TPSA) is 45.7 Å². The largest absolute Gasteiger partial charge is 0.493 e. The van der Waals surface area contributed by atoms with Gasteiger partial charge in [-0.15, -0.1) is 24.0 Å². The van der Waals surface area contributed by atoms with Crippen molar-refractivity contribution in [3.05, 3.63) is 29.8 Å². The molecule has 1 heterocycles. The normalized spacial score (nSPS) is 17.0. The maximum absolute atomic E-state index is 5.70. The molecule has 0 bridgehead atoms. The highest BCUT2D eigenvalue weighted by Crippen LogP contribution is 2.31. The van der Waals surface area contributed by atoms with Gasteiger partial charge < -0.3 is 15.4 Å². The van der Waals surface area contributed by atoms with Gasteiger partial charge in [0, 0.05) is 25.6 Å². The molecule has 5 heteroatoms. The van der Waals surface area contributed by atoms with Crippen molar-refractivity contribution in [3.63, 3.8) is 0 Å². The first-order valence-electron chi connectivity index (χ1n) is 8.39. The van der Waals surface area contributed by atoms with E-state index in [1.807, 2.05) is 19.2 Å². The van der Waals surface area contributed by atoms with Crippen molar-refractivity contribution in [1.29, 1.82) is 0 Å². The van der Waals surface area contributed by atoms with E-state index in [0.717, 1.165) is 37.2 Å². The summed E-state index contributed by atoms with van der Waals surface area (Å²) in [5, 5.41) is 6.94. The van der Waals surface area contributed by atoms with Gasteiger partial charge in [-0.3, -0.25) is 4.99 Å². The van der Waals surface area contributed by atoms with Gasteiger partial charge in [0.1, 0.15) is 5.75 Å². The molecule has 2 N–H and O–H groups in total. The highest BCUT2D eigenvalue weighted by atomic mass is 127. The number of hydrogen-bond acceptors (Lipinski definition) is 2.